The van der Waals surface area contributed by atoms with Crippen molar-refractivity contribution in [2.45, 2.75) is 53.1 Å². The minimum absolute atomic E-state index is 0. The highest BCUT2D eigenvalue weighted by atomic mass is 127. The van der Waals surface area contributed by atoms with Crippen LogP contribution in [0.25, 0.3) is 0 Å². The molecule has 0 aliphatic carbocycles. The first kappa shape index (κ1) is 24.9. The summed E-state index contributed by atoms with van der Waals surface area (Å²) in [6, 6.07) is 0.943. The van der Waals surface area contributed by atoms with E-state index >= 15 is 0 Å². The molecule has 6 nitrogen and oxygen atoms in total. The standard InChI is InChI=1S/C20H41N5O.HI/c1-6-21-20(22-13-17(4)25-11-12-26-16-18(25)5)24-10-9-19(15-24)14-23(7-2)8-3;/h17-19H,6-16H2,1-5H3,(H,21,22);1H. The summed E-state index contributed by atoms with van der Waals surface area (Å²) in [5.74, 6) is 1.86. The molecule has 1 N–H and O–H groups in total. The summed E-state index contributed by atoms with van der Waals surface area (Å²) < 4.78 is 5.57. The number of ether oxygens (including phenoxy) is 1. The molecule has 0 saturated carbocycles. The van der Waals surface area contributed by atoms with E-state index in [0.717, 1.165) is 70.9 Å². The number of hydrogen-bond acceptors (Lipinski definition) is 4. The van der Waals surface area contributed by atoms with Gasteiger partial charge >= 0.3 is 0 Å². The molecule has 2 aliphatic heterocycles. The predicted molar refractivity (Wildman–Crippen MR) is 125 cm³/mol. The summed E-state index contributed by atoms with van der Waals surface area (Å²) in [7, 11) is 0. The van der Waals surface area contributed by atoms with E-state index in [0.29, 0.717) is 12.1 Å². The maximum Gasteiger partial charge on any atom is 0.193 e. The highest BCUT2D eigenvalue weighted by Gasteiger charge is 2.27. The van der Waals surface area contributed by atoms with Crippen LogP contribution in [0.4, 0.5) is 0 Å². The highest BCUT2D eigenvalue weighted by molar-refractivity contribution is 14.0. The topological polar surface area (TPSA) is 43.3 Å². The summed E-state index contributed by atoms with van der Waals surface area (Å²) in [6.07, 6.45) is 1.27. The molecule has 2 aliphatic rings. The Balaban J connectivity index is 0.00000364. The van der Waals surface area contributed by atoms with Crippen LogP contribution in [-0.4, -0.2) is 98.3 Å². The molecule has 0 spiro atoms. The second-order valence-electron chi connectivity index (χ2n) is 7.79. The predicted octanol–water partition coefficient (Wildman–Crippen LogP) is 2.34. The number of rotatable bonds is 8. The summed E-state index contributed by atoms with van der Waals surface area (Å²) in [4.78, 5) is 12.5. The van der Waals surface area contributed by atoms with E-state index in [4.69, 9.17) is 9.73 Å². The molecule has 27 heavy (non-hydrogen) atoms. The number of likely N-dealkylation sites (tertiary alicyclic amines) is 1. The maximum absolute atomic E-state index is 5.57. The molecular formula is C20H42IN5O. The van der Waals surface area contributed by atoms with Gasteiger partial charge in [-0.3, -0.25) is 9.89 Å². The van der Waals surface area contributed by atoms with Gasteiger partial charge in [-0.2, -0.15) is 0 Å². The van der Waals surface area contributed by atoms with Crippen molar-refractivity contribution in [1.29, 1.82) is 0 Å². The van der Waals surface area contributed by atoms with Crippen LogP contribution in [-0.2, 0) is 4.74 Å². The summed E-state index contributed by atoms with van der Waals surface area (Å²) >= 11 is 0. The Morgan fingerprint density at radius 1 is 1.26 bits per heavy atom. The van der Waals surface area contributed by atoms with E-state index in [1.165, 1.54) is 13.0 Å². The van der Waals surface area contributed by atoms with Crippen molar-refractivity contribution < 1.29 is 4.74 Å². The Kier molecular flexibility index (Phi) is 12.2. The third-order valence-electron chi connectivity index (χ3n) is 5.82. The molecule has 3 unspecified atom stereocenters. The molecule has 0 aromatic heterocycles. The number of hydrogen-bond donors (Lipinski definition) is 1. The van der Waals surface area contributed by atoms with Crippen LogP contribution in [0.2, 0.25) is 0 Å². The second-order valence-corrected chi connectivity index (χ2v) is 7.79. The van der Waals surface area contributed by atoms with Crippen LogP contribution in [0.5, 0.6) is 0 Å². The minimum atomic E-state index is 0. The van der Waals surface area contributed by atoms with E-state index in [1.807, 2.05) is 0 Å². The number of halogens is 1. The van der Waals surface area contributed by atoms with Crippen molar-refractivity contribution >= 4 is 29.9 Å². The zero-order valence-electron chi connectivity index (χ0n) is 18.1. The summed E-state index contributed by atoms with van der Waals surface area (Å²) in [5, 5.41) is 3.52. The number of guanidine groups is 1. The van der Waals surface area contributed by atoms with Crippen LogP contribution in [0.15, 0.2) is 4.99 Å². The van der Waals surface area contributed by atoms with Crippen LogP contribution < -0.4 is 5.32 Å². The molecule has 0 aromatic rings. The van der Waals surface area contributed by atoms with Gasteiger partial charge in [0.1, 0.15) is 0 Å². The van der Waals surface area contributed by atoms with Gasteiger partial charge in [0.2, 0.25) is 0 Å². The molecule has 0 radical (unpaired) electrons. The van der Waals surface area contributed by atoms with Crippen LogP contribution in [0.1, 0.15) is 41.0 Å². The summed E-state index contributed by atoms with van der Waals surface area (Å²) in [5.41, 5.74) is 0. The number of aliphatic imine (C=N–C) groups is 1. The molecule has 2 rings (SSSR count). The van der Waals surface area contributed by atoms with Gasteiger partial charge in [0, 0.05) is 44.8 Å². The van der Waals surface area contributed by atoms with Gasteiger partial charge in [0.25, 0.3) is 0 Å². The lowest BCUT2D eigenvalue weighted by atomic mass is 10.1. The third-order valence-corrected chi connectivity index (χ3v) is 5.82. The SMILES string of the molecule is CCNC(=NCC(C)N1CCOCC1C)N1CCC(CN(CC)CC)C1.I. The first-order valence-electron chi connectivity index (χ1n) is 10.7. The smallest absolute Gasteiger partial charge is 0.193 e. The van der Waals surface area contributed by atoms with E-state index in [9.17, 15) is 0 Å². The molecule has 0 amide bonds. The maximum atomic E-state index is 5.57. The molecule has 0 bridgehead atoms. The zero-order chi connectivity index (χ0) is 18.9. The van der Waals surface area contributed by atoms with Crippen molar-refractivity contribution in [3.8, 4) is 0 Å². The van der Waals surface area contributed by atoms with Crippen molar-refractivity contribution in [2.24, 2.45) is 10.9 Å². The van der Waals surface area contributed by atoms with Crippen LogP contribution in [0.3, 0.4) is 0 Å². The average Bonchev–Trinajstić information content (AvgIpc) is 3.11. The lowest BCUT2D eigenvalue weighted by Crippen LogP contribution is -2.49. The van der Waals surface area contributed by atoms with Gasteiger partial charge in [0.15, 0.2) is 5.96 Å². The van der Waals surface area contributed by atoms with Crippen molar-refractivity contribution in [1.82, 2.24) is 20.0 Å². The Labute approximate surface area is 184 Å². The van der Waals surface area contributed by atoms with E-state index < -0.39 is 0 Å². The zero-order valence-corrected chi connectivity index (χ0v) is 20.4. The van der Waals surface area contributed by atoms with Gasteiger partial charge in [0.05, 0.1) is 19.8 Å². The number of nitrogens with zero attached hydrogens (tertiary/aromatic N) is 4. The van der Waals surface area contributed by atoms with Gasteiger partial charge in [-0.15, -0.1) is 24.0 Å². The molecule has 160 valence electrons. The molecule has 2 fully saturated rings. The van der Waals surface area contributed by atoms with Crippen molar-refractivity contribution in [2.75, 3.05) is 65.6 Å². The molecule has 0 aromatic carbocycles. The molecule has 3 atom stereocenters. The van der Waals surface area contributed by atoms with E-state index in [-0.39, 0.29) is 24.0 Å². The van der Waals surface area contributed by atoms with Gasteiger partial charge in [-0.1, -0.05) is 13.8 Å². The second kappa shape index (κ2) is 13.2. The fraction of sp³-hybridized carbons (Fsp3) is 0.950. The first-order valence-corrected chi connectivity index (χ1v) is 10.7. The minimum Gasteiger partial charge on any atom is -0.379 e. The number of nitrogens with one attached hydrogen (secondary N) is 1. The van der Waals surface area contributed by atoms with Crippen molar-refractivity contribution in [3.05, 3.63) is 0 Å². The lowest BCUT2D eigenvalue weighted by Gasteiger charge is -2.37. The Morgan fingerprint density at radius 2 is 2.00 bits per heavy atom. The van der Waals surface area contributed by atoms with Gasteiger partial charge in [-0.05, 0) is 46.2 Å². The number of morpholine rings is 1. The monoisotopic (exact) mass is 495 g/mol. The van der Waals surface area contributed by atoms with Crippen LogP contribution in [0, 0.1) is 5.92 Å². The molecular weight excluding hydrogens is 453 g/mol. The normalized spacial score (nSPS) is 25.6. The first-order chi connectivity index (χ1) is 12.6. The van der Waals surface area contributed by atoms with Crippen molar-refractivity contribution in [3.63, 3.8) is 0 Å². The molecule has 2 heterocycles. The lowest BCUT2D eigenvalue weighted by molar-refractivity contribution is -0.0166. The third kappa shape index (κ3) is 7.66. The Morgan fingerprint density at radius 3 is 2.63 bits per heavy atom. The van der Waals surface area contributed by atoms with Gasteiger partial charge < -0.3 is 19.9 Å². The van der Waals surface area contributed by atoms with Gasteiger partial charge in [-0.25, -0.2) is 0 Å². The fourth-order valence-corrected chi connectivity index (χ4v) is 4.17. The Hall–Kier alpha value is -0.120. The van der Waals surface area contributed by atoms with E-state index in [1.54, 1.807) is 0 Å². The largest absolute Gasteiger partial charge is 0.379 e. The quantitative estimate of drug-likeness (QED) is 0.318. The average molecular weight is 495 g/mol. The fourth-order valence-electron chi connectivity index (χ4n) is 4.17. The summed E-state index contributed by atoms with van der Waals surface area (Å²) in [6.45, 7) is 21.5. The highest BCUT2D eigenvalue weighted by Crippen LogP contribution is 2.18. The van der Waals surface area contributed by atoms with E-state index in [2.05, 4.69) is 54.6 Å². The molecule has 7 heteroatoms. The molecule has 2 saturated heterocycles. The van der Waals surface area contributed by atoms with Crippen LogP contribution >= 0.6 is 24.0 Å². The Bertz CT molecular complexity index is 433.